The van der Waals surface area contributed by atoms with Crippen LogP contribution in [0.25, 0.3) is 5.69 Å². The average Bonchev–Trinajstić information content (AvgIpc) is 3.11. The predicted molar refractivity (Wildman–Crippen MR) is 74.2 cm³/mol. The van der Waals surface area contributed by atoms with Gasteiger partial charge in [-0.25, -0.2) is 4.79 Å². The molecule has 0 spiro atoms. The number of hydrogen-bond donors (Lipinski definition) is 1. The third-order valence-electron chi connectivity index (χ3n) is 4.03. The maximum atomic E-state index is 12.1. The normalized spacial score (nSPS) is 16.1. The zero-order chi connectivity index (χ0) is 14.3. The standard InChI is InChI=1S/C15H16N2O3/c1-16-8-9-17(14(16)20)12-5-3-2-4-11(12)15(6-7-15)10-13(18)19/h2-5,8-9H,6-7,10H2,1H3,(H,18,19). The number of benzene rings is 1. The topological polar surface area (TPSA) is 64.2 Å². The van der Waals surface area contributed by atoms with Crippen LogP contribution < -0.4 is 5.69 Å². The summed E-state index contributed by atoms with van der Waals surface area (Å²) < 4.78 is 3.09. The molecule has 0 saturated heterocycles. The summed E-state index contributed by atoms with van der Waals surface area (Å²) in [6.07, 6.45) is 5.26. The fourth-order valence-corrected chi connectivity index (χ4v) is 2.76. The lowest BCUT2D eigenvalue weighted by molar-refractivity contribution is -0.137. The van der Waals surface area contributed by atoms with Crippen molar-refractivity contribution in [3.8, 4) is 5.69 Å². The Kier molecular flexibility index (Phi) is 2.78. The van der Waals surface area contributed by atoms with Crippen molar-refractivity contribution in [2.24, 2.45) is 7.05 Å². The number of carboxylic acids is 1. The molecule has 1 aliphatic rings. The van der Waals surface area contributed by atoms with Crippen LogP contribution in [0.1, 0.15) is 24.8 Å². The van der Waals surface area contributed by atoms with E-state index in [9.17, 15) is 9.59 Å². The Hall–Kier alpha value is -2.30. The Balaban J connectivity index is 2.13. The van der Waals surface area contributed by atoms with Crippen LogP contribution in [0.4, 0.5) is 0 Å². The lowest BCUT2D eigenvalue weighted by Gasteiger charge is -2.17. The lowest BCUT2D eigenvalue weighted by Crippen LogP contribution is -2.23. The minimum absolute atomic E-state index is 0.117. The van der Waals surface area contributed by atoms with E-state index in [4.69, 9.17) is 5.11 Å². The van der Waals surface area contributed by atoms with E-state index in [1.807, 2.05) is 24.3 Å². The molecular weight excluding hydrogens is 256 g/mol. The van der Waals surface area contributed by atoms with E-state index in [1.54, 1.807) is 24.0 Å². The second-order valence-corrected chi connectivity index (χ2v) is 5.43. The van der Waals surface area contributed by atoms with E-state index in [-0.39, 0.29) is 17.5 Å². The van der Waals surface area contributed by atoms with Crippen molar-refractivity contribution in [3.63, 3.8) is 0 Å². The lowest BCUT2D eigenvalue weighted by atomic mass is 9.91. The van der Waals surface area contributed by atoms with Gasteiger partial charge in [-0.2, -0.15) is 0 Å². The highest BCUT2D eigenvalue weighted by molar-refractivity contribution is 5.71. The minimum Gasteiger partial charge on any atom is -0.481 e. The SMILES string of the molecule is Cn1ccn(-c2ccccc2C2(CC(=O)O)CC2)c1=O. The third kappa shape index (κ3) is 1.95. The van der Waals surface area contributed by atoms with Gasteiger partial charge in [0.2, 0.25) is 0 Å². The van der Waals surface area contributed by atoms with Crippen LogP contribution in [-0.2, 0) is 17.3 Å². The Morgan fingerprint density at radius 1 is 1.30 bits per heavy atom. The number of rotatable bonds is 4. The summed E-state index contributed by atoms with van der Waals surface area (Å²) in [4.78, 5) is 23.2. The summed E-state index contributed by atoms with van der Waals surface area (Å²) in [7, 11) is 1.70. The van der Waals surface area contributed by atoms with Crippen molar-refractivity contribution in [3.05, 3.63) is 52.7 Å². The Bertz CT molecular complexity index is 723. The molecule has 1 aromatic carbocycles. The van der Waals surface area contributed by atoms with E-state index >= 15 is 0 Å². The molecule has 1 saturated carbocycles. The number of imidazole rings is 1. The Morgan fingerprint density at radius 2 is 2.00 bits per heavy atom. The molecule has 3 rings (SSSR count). The molecule has 1 N–H and O–H groups in total. The first kappa shape index (κ1) is 12.7. The number of nitrogens with zero attached hydrogens (tertiary/aromatic N) is 2. The van der Waals surface area contributed by atoms with E-state index in [0.717, 1.165) is 24.1 Å². The molecule has 1 heterocycles. The number of carboxylic acid groups (broad SMARTS) is 1. The van der Waals surface area contributed by atoms with Crippen LogP contribution in [0.5, 0.6) is 0 Å². The van der Waals surface area contributed by atoms with E-state index in [0.29, 0.717) is 0 Å². The van der Waals surface area contributed by atoms with Gasteiger partial charge < -0.3 is 9.67 Å². The summed E-state index contributed by atoms with van der Waals surface area (Å²) in [5.41, 5.74) is 1.31. The second kappa shape index (κ2) is 4.37. The van der Waals surface area contributed by atoms with Crippen molar-refractivity contribution in [1.29, 1.82) is 0 Å². The number of hydrogen-bond acceptors (Lipinski definition) is 2. The maximum absolute atomic E-state index is 12.1. The number of aryl methyl sites for hydroxylation is 1. The summed E-state index contributed by atoms with van der Waals surface area (Å²) in [5.74, 6) is -0.794. The minimum atomic E-state index is -0.794. The molecule has 0 amide bonds. The largest absolute Gasteiger partial charge is 0.481 e. The van der Waals surface area contributed by atoms with Gasteiger partial charge in [0.05, 0.1) is 12.1 Å². The molecule has 5 nitrogen and oxygen atoms in total. The van der Waals surface area contributed by atoms with Crippen LogP contribution in [-0.4, -0.2) is 20.2 Å². The zero-order valence-corrected chi connectivity index (χ0v) is 11.2. The fraction of sp³-hybridized carbons (Fsp3) is 0.333. The zero-order valence-electron chi connectivity index (χ0n) is 11.2. The Labute approximate surface area is 116 Å². The van der Waals surface area contributed by atoms with Gasteiger partial charge in [0.25, 0.3) is 0 Å². The quantitative estimate of drug-likeness (QED) is 0.921. The third-order valence-corrected chi connectivity index (χ3v) is 4.03. The van der Waals surface area contributed by atoms with Gasteiger partial charge in [0.1, 0.15) is 0 Å². The first-order valence-electron chi connectivity index (χ1n) is 6.59. The van der Waals surface area contributed by atoms with Crippen molar-refractivity contribution in [2.75, 3.05) is 0 Å². The highest BCUT2D eigenvalue weighted by Gasteiger charge is 2.47. The van der Waals surface area contributed by atoms with Crippen molar-refractivity contribution in [2.45, 2.75) is 24.7 Å². The van der Waals surface area contributed by atoms with Gasteiger partial charge in [0.15, 0.2) is 0 Å². The smallest absolute Gasteiger partial charge is 0.332 e. The van der Waals surface area contributed by atoms with E-state index < -0.39 is 5.97 Å². The number of para-hydroxylation sites is 1. The molecule has 2 aromatic rings. The van der Waals surface area contributed by atoms with Crippen molar-refractivity contribution in [1.82, 2.24) is 9.13 Å². The second-order valence-electron chi connectivity index (χ2n) is 5.43. The molecule has 0 unspecified atom stereocenters. The van der Waals surface area contributed by atoms with E-state index in [2.05, 4.69) is 0 Å². The molecule has 1 fully saturated rings. The van der Waals surface area contributed by atoms with Crippen molar-refractivity contribution >= 4 is 5.97 Å². The van der Waals surface area contributed by atoms with Crippen LogP contribution in [0.15, 0.2) is 41.5 Å². The molecule has 20 heavy (non-hydrogen) atoms. The van der Waals surface area contributed by atoms with Gasteiger partial charge in [0, 0.05) is 24.9 Å². The summed E-state index contributed by atoms with van der Waals surface area (Å²) >= 11 is 0. The monoisotopic (exact) mass is 272 g/mol. The van der Waals surface area contributed by atoms with Gasteiger partial charge in [-0.1, -0.05) is 18.2 Å². The van der Waals surface area contributed by atoms with Gasteiger partial charge in [-0.3, -0.25) is 9.36 Å². The van der Waals surface area contributed by atoms with Gasteiger partial charge >= 0.3 is 11.7 Å². The highest BCUT2D eigenvalue weighted by atomic mass is 16.4. The molecule has 1 aliphatic carbocycles. The van der Waals surface area contributed by atoms with Gasteiger partial charge in [-0.05, 0) is 24.5 Å². The number of aromatic nitrogens is 2. The molecule has 5 heteroatoms. The van der Waals surface area contributed by atoms with Crippen LogP contribution in [0.2, 0.25) is 0 Å². The summed E-state index contributed by atoms with van der Waals surface area (Å²) in [5, 5.41) is 9.10. The first-order chi connectivity index (χ1) is 9.53. The first-order valence-corrected chi connectivity index (χ1v) is 6.59. The van der Waals surface area contributed by atoms with Crippen LogP contribution >= 0.6 is 0 Å². The molecule has 0 aliphatic heterocycles. The van der Waals surface area contributed by atoms with E-state index in [1.165, 1.54) is 4.57 Å². The Morgan fingerprint density at radius 3 is 2.55 bits per heavy atom. The number of carbonyl (C=O) groups is 1. The molecule has 0 bridgehead atoms. The molecule has 104 valence electrons. The molecule has 0 atom stereocenters. The fourth-order valence-electron chi connectivity index (χ4n) is 2.76. The maximum Gasteiger partial charge on any atom is 0.332 e. The average molecular weight is 272 g/mol. The summed E-state index contributed by atoms with van der Waals surface area (Å²) in [6.45, 7) is 0. The van der Waals surface area contributed by atoms with Gasteiger partial charge in [-0.15, -0.1) is 0 Å². The van der Waals surface area contributed by atoms with Crippen LogP contribution in [0.3, 0.4) is 0 Å². The van der Waals surface area contributed by atoms with Crippen molar-refractivity contribution < 1.29 is 9.90 Å². The molecule has 1 aromatic heterocycles. The number of aliphatic carboxylic acids is 1. The summed E-state index contributed by atoms with van der Waals surface area (Å²) in [6, 6.07) is 7.58. The van der Waals surface area contributed by atoms with Crippen LogP contribution in [0, 0.1) is 0 Å². The molecule has 0 radical (unpaired) electrons. The molecular formula is C15H16N2O3. The highest BCUT2D eigenvalue weighted by Crippen LogP contribution is 2.52. The predicted octanol–water partition coefficient (Wildman–Crippen LogP) is 1.68.